The first kappa shape index (κ1) is 20.0. The van der Waals surface area contributed by atoms with Gasteiger partial charge in [-0.2, -0.15) is 5.10 Å². The lowest BCUT2D eigenvalue weighted by atomic mass is 10.3. The number of aromatic nitrogens is 4. The molecule has 0 aliphatic heterocycles. The molecule has 0 aliphatic carbocycles. The Labute approximate surface area is 180 Å². The molecular formula is C20H16ClN5O3S. The zero-order valence-corrected chi connectivity index (χ0v) is 17.6. The fraction of sp³-hybridized carbons (Fsp3) is 0.150. The monoisotopic (exact) mass is 441 g/mol. The molecule has 0 saturated carbocycles. The molecule has 0 aliphatic rings. The summed E-state index contributed by atoms with van der Waals surface area (Å²) in [5.41, 5.74) is 1.56. The van der Waals surface area contributed by atoms with E-state index in [2.05, 4.69) is 20.4 Å². The second kappa shape index (κ2) is 8.21. The summed E-state index contributed by atoms with van der Waals surface area (Å²) in [6, 6.07) is 10.6. The van der Waals surface area contributed by atoms with Crippen molar-refractivity contribution in [3.63, 3.8) is 0 Å². The fourth-order valence-electron chi connectivity index (χ4n) is 2.78. The summed E-state index contributed by atoms with van der Waals surface area (Å²) in [5.74, 6) is -0.966. The van der Waals surface area contributed by atoms with Gasteiger partial charge in [0, 0.05) is 22.8 Å². The highest BCUT2D eigenvalue weighted by Gasteiger charge is 2.23. The first-order valence-electron chi connectivity index (χ1n) is 8.96. The number of hydrogen-bond donors (Lipinski definition) is 1. The quantitative estimate of drug-likeness (QED) is 0.469. The summed E-state index contributed by atoms with van der Waals surface area (Å²) >= 11 is 7.33. The van der Waals surface area contributed by atoms with E-state index in [9.17, 15) is 9.59 Å². The number of benzene rings is 1. The Morgan fingerprint density at radius 2 is 1.97 bits per heavy atom. The minimum absolute atomic E-state index is 0.143. The lowest BCUT2D eigenvalue weighted by molar-refractivity contribution is -0.123. The third kappa shape index (κ3) is 4.03. The second-order valence-corrected chi connectivity index (χ2v) is 7.88. The predicted molar refractivity (Wildman–Crippen MR) is 114 cm³/mol. The van der Waals surface area contributed by atoms with Gasteiger partial charge in [0.2, 0.25) is 5.95 Å². The van der Waals surface area contributed by atoms with Crippen LogP contribution in [0.2, 0.25) is 5.02 Å². The van der Waals surface area contributed by atoms with Gasteiger partial charge in [0.05, 0.1) is 11.4 Å². The molecule has 3 aromatic heterocycles. The molecule has 1 atom stereocenters. The smallest absolute Gasteiger partial charge is 0.349 e. The van der Waals surface area contributed by atoms with Crippen molar-refractivity contribution in [3.05, 3.63) is 64.4 Å². The van der Waals surface area contributed by atoms with Gasteiger partial charge in [-0.3, -0.25) is 10.1 Å². The summed E-state index contributed by atoms with van der Waals surface area (Å²) in [6.45, 7) is 3.35. The van der Waals surface area contributed by atoms with Gasteiger partial charge >= 0.3 is 5.97 Å². The number of hydrogen-bond acceptors (Lipinski definition) is 7. The van der Waals surface area contributed by atoms with Gasteiger partial charge in [-0.05, 0) is 44.2 Å². The molecule has 152 valence electrons. The number of ether oxygens (including phenoxy) is 1. The number of carbonyl (C=O) groups excluding carboxylic acids is 2. The molecule has 0 fully saturated rings. The standard InChI is InChI=1S/C20H16ClN5O3S/c1-11-15-10-16(30-18(15)26(25-11)14-6-3-5-13(21)9-14)19(28)29-12(2)17(27)24-20-22-7-4-8-23-20/h3-10,12H,1-2H3,(H,22,23,24,27). The van der Waals surface area contributed by atoms with Gasteiger partial charge in [0.1, 0.15) is 9.71 Å². The maximum Gasteiger partial charge on any atom is 0.349 e. The van der Waals surface area contributed by atoms with Crippen LogP contribution < -0.4 is 5.32 Å². The molecule has 1 amide bonds. The van der Waals surface area contributed by atoms with Crippen molar-refractivity contribution in [1.82, 2.24) is 19.7 Å². The second-order valence-electron chi connectivity index (χ2n) is 6.42. The summed E-state index contributed by atoms with van der Waals surface area (Å²) in [6.07, 6.45) is 1.99. The van der Waals surface area contributed by atoms with Crippen molar-refractivity contribution in [2.45, 2.75) is 20.0 Å². The van der Waals surface area contributed by atoms with Gasteiger partial charge in [-0.15, -0.1) is 11.3 Å². The number of fused-ring (bicyclic) bond motifs is 1. The number of rotatable bonds is 5. The van der Waals surface area contributed by atoms with Crippen LogP contribution in [0.15, 0.2) is 48.8 Å². The van der Waals surface area contributed by atoms with Crippen LogP contribution in [0, 0.1) is 6.92 Å². The van der Waals surface area contributed by atoms with E-state index in [-0.39, 0.29) is 5.95 Å². The highest BCUT2D eigenvalue weighted by molar-refractivity contribution is 7.20. The molecule has 4 aromatic rings. The van der Waals surface area contributed by atoms with E-state index in [0.717, 1.165) is 21.6 Å². The molecule has 0 radical (unpaired) electrons. The first-order valence-corrected chi connectivity index (χ1v) is 10.2. The van der Waals surface area contributed by atoms with E-state index < -0.39 is 18.0 Å². The molecular weight excluding hydrogens is 426 g/mol. The van der Waals surface area contributed by atoms with E-state index in [4.69, 9.17) is 16.3 Å². The van der Waals surface area contributed by atoms with Crippen LogP contribution in [0.4, 0.5) is 5.95 Å². The minimum atomic E-state index is -1.02. The van der Waals surface area contributed by atoms with Crippen molar-refractivity contribution < 1.29 is 14.3 Å². The molecule has 8 nitrogen and oxygen atoms in total. The molecule has 0 spiro atoms. The normalized spacial score (nSPS) is 12.0. The summed E-state index contributed by atoms with van der Waals surface area (Å²) in [4.78, 5) is 33.8. The Bertz CT molecular complexity index is 1240. The minimum Gasteiger partial charge on any atom is -0.448 e. The van der Waals surface area contributed by atoms with E-state index in [1.165, 1.54) is 30.7 Å². The number of amides is 1. The third-order valence-electron chi connectivity index (χ3n) is 4.25. The maximum atomic E-state index is 12.6. The van der Waals surface area contributed by atoms with E-state index in [1.54, 1.807) is 28.9 Å². The Morgan fingerprint density at radius 1 is 1.20 bits per heavy atom. The van der Waals surface area contributed by atoms with Gasteiger partial charge in [-0.1, -0.05) is 17.7 Å². The summed E-state index contributed by atoms with van der Waals surface area (Å²) in [7, 11) is 0. The van der Waals surface area contributed by atoms with Crippen LogP contribution >= 0.6 is 22.9 Å². The SMILES string of the molecule is Cc1nn(-c2cccc(Cl)c2)c2sc(C(=O)OC(C)C(=O)Nc3ncccn3)cc12. The third-order valence-corrected chi connectivity index (χ3v) is 5.58. The highest BCUT2D eigenvalue weighted by Crippen LogP contribution is 2.31. The van der Waals surface area contributed by atoms with Crippen molar-refractivity contribution in [3.8, 4) is 5.69 Å². The molecule has 1 unspecified atom stereocenters. The Balaban J connectivity index is 1.54. The van der Waals surface area contributed by atoms with E-state index in [1.807, 2.05) is 19.1 Å². The Kier molecular flexibility index (Phi) is 5.47. The average Bonchev–Trinajstić information content (AvgIpc) is 3.29. The molecule has 0 bridgehead atoms. The maximum absolute atomic E-state index is 12.6. The number of thiophene rings is 1. The first-order chi connectivity index (χ1) is 14.4. The zero-order chi connectivity index (χ0) is 21.3. The van der Waals surface area contributed by atoms with Crippen molar-refractivity contribution >= 4 is 51.0 Å². The number of nitrogens with one attached hydrogen (secondary N) is 1. The van der Waals surface area contributed by atoms with Crippen molar-refractivity contribution in [1.29, 1.82) is 0 Å². The van der Waals surface area contributed by atoms with Crippen LogP contribution in [0.25, 0.3) is 15.9 Å². The van der Waals surface area contributed by atoms with Crippen LogP contribution in [0.5, 0.6) is 0 Å². The lowest BCUT2D eigenvalue weighted by Crippen LogP contribution is -2.30. The average molecular weight is 442 g/mol. The number of carbonyl (C=O) groups is 2. The van der Waals surface area contributed by atoms with Crippen LogP contribution in [-0.4, -0.2) is 37.7 Å². The highest BCUT2D eigenvalue weighted by atomic mass is 35.5. The number of nitrogens with zero attached hydrogens (tertiary/aromatic N) is 4. The molecule has 30 heavy (non-hydrogen) atoms. The largest absolute Gasteiger partial charge is 0.448 e. The lowest BCUT2D eigenvalue weighted by Gasteiger charge is -2.11. The number of anilines is 1. The van der Waals surface area contributed by atoms with Gasteiger partial charge in [0.15, 0.2) is 6.10 Å². The molecule has 1 aromatic carbocycles. The number of halogens is 1. The number of aryl methyl sites for hydroxylation is 1. The van der Waals surface area contributed by atoms with Crippen LogP contribution in [-0.2, 0) is 9.53 Å². The fourth-order valence-corrected chi connectivity index (χ4v) is 4.03. The Morgan fingerprint density at radius 3 is 2.70 bits per heavy atom. The van der Waals surface area contributed by atoms with E-state index in [0.29, 0.717) is 9.90 Å². The molecule has 10 heteroatoms. The van der Waals surface area contributed by atoms with Crippen LogP contribution in [0.1, 0.15) is 22.3 Å². The predicted octanol–water partition coefficient (Wildman–Crippen LogP) is 4.02. The van der Waals surface area contributed by atoms with Gasteiger partial charge in [-0.25, -0.2) is 19.4 Å². The zero-order valence-electron chi connectivity index (χ0n) is 16.0. The molecule has 0 saturated heterocycles. The molecule has 4 rings (SSSR count). The summed E-state index contributed by atoms with van der Waals surface area (Å²) in [5, 5.41) is 8.46. The molecule has 3 heterocycles. The van der Waals surface area contributed by atoms with Crippen molar-refractivity contribution in [2.75, 3.05) is 5.32 Å². The van der Waals surface area contributed by atoms with Gasteiger partial charge in [0.25, 0.3) is 5.91 Å². The van der Waals surface area contributed by atoms with Gasteiger partial charge < -0.3 is 4.74 Å². The number of esters is 1. The van der Waals surface area contributed by atoms with Crippen LogP contribution in [0.3, 0.4) is 0 Å². The van der Waals surface area contributed by atoms with Crippen molar-refractivity contribution in [2.24, 2.45) is 0 Å². The summed E-state index contributed by atoms with van der Waals surface area (Å²) < 4.78 is 7.06. The van der Waals surface area contributed by atoms with E-state index >= 15 is 0 Å². The Hall–Kier alpha value is -3.30. The molecule has 1 N–H and O–H groups in total. The topological polar surface area (TPSA) is 99.0 Å².